The first kappa shape index (κ1) is 14.5. The number of nitrogens with one attached hydrogen (secondary N) is 1. The Morgan fingerprint density at radius 3 is 2.85 bits per heavy atom. The molecule has 0 aliphatic carbocycles. The Morgan fingerprint density at radius 1 is 1.50 bits per heavy atom. The van der Waals surface area contributed by atoms with Crippen molar-refractivity contribution < 1.29 is 18.0 Å². The summed E-state index contributed by atoms with van der Waals surface area (Å²) in [5.41, 5.74) is 6.24. The van der Waals surface area contributed by atoms with E-state index in [1.807, 2.05) is 0 Å². The normalized spacial score (nSPS) is 21.2. The number of sulfone groups is 1. The average Bonchev–Trinajstić information content (AvgIpc) is 2.74. The molecule has 0 amide bonds. The van der Waals surface area contributed by atoms with Crippen LogP contribution in [0.3, 0.4) is 0 Å². The van der Waals surface area contributed by atoms with E-state index >= 15 is 0 Å². The maximum atomic E-state index is 13.4. The zero-order valence-corrected chi connectivity index (χ0v) is 11.3. The quantitative estimate of drug-likeness (QED) is 0.321. The fourth-order valence-electron chi connectivity index (χ4n) is 1.91. The van der Waals surface area contributed by atoms with Gasteiger partial charge in [0.15, 0.2) is 15.7 Å². The monoisotopic (exact) mass is 299 g/mol. The van der Waals surface area contributed by atoms with Crippen LogP contribution in [0.15, 0.2) is 34.8 Å². The highest BCUT2D eigenvalue weighted by Gasteiger charge is 2.20. The summed E-state index contributed by atoms with van der Waals surface area (Å²) >= 11 is 0. The van der Waals surface area contributed by atoms with Gasteiger partial charge in [0.05, 0.1) is 5.75 Å². The molecule has 0 fully saturated rings. The van der Waals surface area contributed by atoms with Crippen molar-refractivity contribution in [2.45, 2.75) is 12.6 Å². The molecule has 1 heterocycles. The molecule has 1 aliphatic rings. The number of halogens is 1. The van der Waals surface area contributed by atoms with Gasteiger partial charge in [0.25, 0.3) is 0 Å². The van der Waals surface area contributed by atoms with Gasteiger partial charge in [0.2, 0.25) is 0 Å². The first-order valence-electron chi connectivity index (χ1n) is 5.81. The predicted molar refractivity (Wildman–Crippen MR) is 72.5 cm³/mol. The zero-order valence-electron chi connectivity index (χ0n) is 10.5. The van der Waals surface area contributed by atoms with E-state index in [0.29, 0.717) is 5.56 Å². The summed E-state index contributed by atoms with van der Waals surface area (Å²) in [5.74, 6) is -0.704. The lowest BCUT2D eigenvalue weighted by atomic mass is 10.1. The van der Waals surface area contributed by atoms with Gasteiger partial charge in [-0.2, -0.15) is 0 Å². The molecular weight excluding hydrogens is 285 g/mol. The van der Waals surface area contributed by atoms with Gasteiger partial charge < -0.3 is 16.3 Å². The lowest BCUT2D eigenvalue weighted by Crippen LogP contribution is -2.29. The van der Waals surface area contributed by atoms with Crippen LogP contribution in [0.25, 0.3) is 0 Å². The maximum Gasteiger partial charge on any atom is 0.173 e. The second-order valence-corrected chi connectivity index (χ2v) is 6.41. The second-order valence-electron chi connectivity index (χ2n) is 4.48. The highest BCUT2D eigenvalue weighted by atomic mass is 32.2. The van der Waals surface area contributed by atoms with Crippen LogP contribution in [0.2, 0.25) is 0 Å². The van der Waals surface area contributed by atoms with Crippen LogP contribution < -0.4 is 11.1 Å². The number of hydrogen-bond donors (Lipinski definition) is 3. The van der Waals surface area contributed by atoms with Gasteiger partial charge >= 0.3 is 0 Å². The molecule has 20 heavy (non-hydrogen) atoms. The minimum absolute atomic E-state index is 0.00455. The largest absolute Gasteiger partial charge is 0.409 e. The Hall–Kier alpha value is -1.93. The second kappa shape index (κ2) is 5.59. The minimum Gasteiger partial charge on any atom is -0.409 e. The predicted octanol–water partition coefficient (Wildman–Crippen LogP) is 0.320. The molecule has 6 nitrogen and oxygen atoms in total. The molecule has 1 aromatic rings. The molecule has 0 spiro atoms. The van der Waals surface area contributed by atoms with Gasteiger partial charge in [-0.1, -0.05) is 11.2 Å². The number of oxime groups is 1. The third-order valence-electron chi connectivity index (χ3n) is 2.86. The standard InChI is InChI=1S/C12H14FN3O3S/c13-10-4-8(3-9(5-10)12(14)16-17)6-15-11-1-2-20(18,19)7-11/h1-5,11,15,17H,6-7H2,(H2,14,16). The Labute approximate surface area is 115 Å². The van der Waals surface area contributed by atoms with Gasteiger partial charge in [0, 0.05) is 23.6 Å². The third kappa shape index (κ3) is 3.55. The van der Waals surface area contributed by atoms with Crippen LogP contribution in [-0.4, -0.2) is 31.3 Å². The van der Waals surface area contributed by atoms with E-state index in [0.717, 1.165) is 11.5 Å². The molecule has 1 atom stereocenters. The van der Waals surface area contributed by atoms with Crippen LogP contribution >= 0.6 is 0 Å². The van der Waals surface area contributed by atoms with Gasteiger partial charge in [0.1, 0.15) is 5.82 Å². The molecule has 0 bridgehead atoms. The van der Waals surface area contributed by atoms with Gasteiger partial charge in [-0.05, 0) is 23.8 Å². The van der Waals surface area contributed by atoms with Gasteiger partial charge in [-0.15, -0.1) is 0 Å². The van der Waals surface area contributed by atoms with E-state index in [1.165, 1.54) is 6.07 Å². The lowest BCUT2D eigenvalue weighted by molar-refractivity contribution is 0.318. The van der Waals surface area contributed by atoms with E-state index < -0.39 is 15.7 Å². The first-order valence-corrected chi connectivity index (χ1v) is 7.53. The molecule has 4 N–H and O–H groups in total. The first-order chi connectivity index (χ1) is 9.39. The summed E-state index contributed by atoms with van der Waals surface area (Å²) in [4.78, 5) is 0. The van der Waals surface area contributed by atoms with Crippen molar-refractivity contribution >= 4 is 15.7 Å². The fraction of sp³-hybridized carbons (Fsp3) is 0.250. The molecule has 0 aromatic heterocycles. The van der Waals surface area contributed by atoms with Gasteiger partial charge in [-0.25, -0.2) is 12.8 Å². The summed E-state index contributed by atoms with van der Waals surface area (Å²) < 4.78 is 35.9. The molecule has 108 valence electrons. The Balaban J connectivity index is 2.07. The highest BCUT2D eigenvalue weighted by molar-refractivity contribution is 7.94. The Bertz CT molecular complexity index is 671. The van der Waals surface area contributed by atoms with Gasteiger partial charge in [-0.3, -0.25) is 0 Å². The number of amidine groups is 1. The van der Waals surface area contributed by atoms with Crippen LogP contribution in [0.1, 0.15) is 11.1 Å². The molecule has 1 aromatic carbocycles. The molecular formula is C12H14FN3O3S. The minimum atomic E-state index is -3.12. The zero-order chi connectivity index (χ0) is 14.8. The number of benzene rings is 1. The Morgan fingerprint density at radius 2 is 2.25 bits per heavy atom. The van der Waals surface area contributed by atoms with Crippen molar-refractivity contribution in [2.24, 2.45) is 10.9 Å². The molecule has 8 heteroatoms. The molecule has 0 radical (unpaired) electrons. The third-order valence-corrected chi connectivity index (χ3v) is 4.26. The maximum absolute atomic E-state index is 13.4. The van der Waals surface area contributed by atoms with E-state index in [1.54, 1.807) is 12.1 Å². The number of nitrogens with two attached hydrogens (primary N) is 1. The molecule has 0 saturated carbocycles. The van der Waals surface area contributed by atoms with Crippen molar-refractivity contribution in [3.8, 4) is 0 Å². The van der Waals surface area contributed by atoms with E-state index in [-0.39, 0.29) is 29.7 Å². The number of rotatable bonds is 4. The summed E-state index contributed by atoms with van der Waals surface area (Å²) in [6.07, 6.45) is 1.55. The van der Waals surface area contributed by atoms with E-state index in [2.05, 4.69) is 10.5 Å². The fourth-order valence-corrected chi connectivity index (χ4v) is 3.18. The summed E-state index contributed by atoms with van der Waals surface area (Å²) in [6, 6.07) is 3.72. The van der Waals surface area contributed by atoms with Crippen molar-refractivity contribution in [1.29, 1.82) is 0 Å². The summed E-state index contributed by atoms with van der Waals surface area (Å²) in [7, 11) is -3.12. The van der Waals surface area contributed by atoms with Crippen LogP contribution in [0.4, 0.5) is 4.39 Å². The highest BCUT2D eigenvalue weighted by Crippen LogP contribution is 2.12. The molecule has 0 saturated heterocycles. The SMILES string of the molecule is N/C(=N/O)c1cc(F)cc(CNC2C=CS(=O)(=O)C2)c1. The van der Waals surface area contributed by atoms with Crippen LogP contribution in [0, 0.1) is 5.82 Å². The van der Waals surface area contributed by atoms with Crippen molar-refractivity contribution in [2.75, 3.05) is 5.75 Å². The number of nitrogens with zero attached hydrogens (tertiary/aromatic N) is 1. The van der Waals surface area contributed by atoms with Crippen LogP contribution in [-0.2, 0) is 16.4 Å². The topological polar surface area (TPSA) is 105 Å². The van der Waals surface area contributed by atoms with Crippen molar-refractivity contribution in [3.63, 3.8) is 0 Å². The lowest BCUT2D eigenvalue weighted by Gasteiger charge is -2.11. The van der Waals surface area contributed by atoms with Crippen LogP contribution in [0.5, 0.6) is 0 Å². The Kier molecular flexibility index (Phi) is 4.05. The van der Waals surface area contributed by atoms with Crippen molar-refractivity contribution in [1.82, 2.24) is 5.32 Å². The summed E-state index contributed by atoms with van der Waals surface area (Å²) in [5, 5.41) is 15.5. The molecule has 2 rings (SSSR count). The van der Waals surface area contributed by atoms with Crippen molar-refractivity contribution in [3.05, 3.63) is 46.6 Å². The van der Waals surface area contributed by atoms with E-state index in [9.17, 15) is 12.8 Å². The average molecular weight is 299 g/mol. The molecule has 1 aliphatic heterocycles. The number of hydrogen-bond acceptors (Lipinski definition) is 5. The summed E-state index contributed by atoms with van der Waals surface area (Å²) in [6.45, 7) is 0.272. The van der Waals surface area contributed by atoms with E-state index in [4.69, 9.17) is 10.9 Å². The smallest absolute Gasteiger partial charge is 0.173 e. The molecule has 1 unspecified atom stereocenters.